The Morgan fingerprint density at radius 1 is 0.935 bits per heavy atom. The van der Waals surface area contributed by atoms with Gasteiger partial charge in [0, 0.05) is 5.92 Å². The van der Waals surface area contributed by atoms with Crippen molar-refractivity contribution in [1.29, 1.82) is 0 Å². The molecule has 0 radical (unpaired) electrons. The van der Waals surface area contributed by atoms with Crippen molar-refractivity contribution < 1.29 is 53.8 Å². The van der Waals surface area contributed by atoms with E-state index < -0.39 is 94.0 Å². The van der Waals surface area contributed by atoms with Crippen LogP contribution in [0.5, 0.6) is 0 Å². The summed E-state index contributed by atoms with van der Waals surface area (Å²) in [6.07, 6.45) is -9.69. The number of rotatable bonds is 0. The third kappa shape index (κ3) is 1.43. The Balaban J connectivity index is 1.75. The third-order valence-corrected chi connectivity index (χ3v) is 8.95. The molecule has 0 aromatic rings. The van der Waals surface area contributed by atoms with Gasteiger partial charge in [-0.3, -0.25) is 4.79 Å². The largest absolute Gasteiger partial charge is 0.456 e. The highest BCUT2D eigenvalue weighted by atomic mass is 16.8. The molecule has 4 heterocycles. The van der Waals surface area contributed by atoms with E-state index in [0.29, 0.717) is 0 Å². The fourth-order valence-electron chi connectivity index (χ4n) is 8.27. The number of fused-ring (bicyclic) bond motifs is 1. The summed E-state index contributed by atoms with van der Waals surface area (Å²) in [7, 11) is 0. The van der Waals surface area contributed by atoms with Crippen LogP contribution in [-0.2, 0) is 33.3 Å². The van der Waals surface area contributed by atoms with E-state index >= 15 is 0 Å². The molecule has 170 valence electrons. The van der Waals surface area contributed by atoms with Crippen LogP contribution in [0.25, 0.3) is 0 Å². The van der Waals surface area contributed by atoms with Gasteiger partial charge in [0.2, 0.25) is 11.9 Å². The molecule has 4 aliphatic heterocycles. The third-order valence-electron chi connectivity index (χ3n) is 8.95. The van der Waals surface area contributed by atoms with Crippen LogP contribution in [0.4, 0.5) is 0 Å². The van der Waals surface area contributed by atoms with Gasteiger partial charge in [-0.2, -0.15) is 0 Å². The minimum atomic E-state index is -2.40. The van der Waals surface area contributed by atoms with Gasteiger partial charge in [0.05, 0.1) is 22.9 Å². The van der Waals surface area contributed by atoms with E-state index in [0.717, 1.165) is 0 Å². The van der Waals surface area contributed by atoms with Crippen molar-refractivity contribution >= 4 is 17.9 Å². The Labute approximate surface area is 176 Å². The molecule has 3 unspecified atom stereocenters. The van der Waals surface area contributed by atoms with Crippen molar-refractivity contribution in [2.75, 3.05) is 0 Å². The quantitative estimate of drug-likeness (QED) is 0.234. The highest BCUT2D eigenvalue weighted by Crippen LogP contribution is 2.84. The second-order valence-electron chi connectivity index (χ2n) is 10.8. The maximum atomic E-state index is 13.4. The summed E-state index contributed by atoms with van der Waals surface area (Å²) in [5.74, 6) is -5.22. The normalized spacial score (nSPS) is 61.0. The molecule has 2 saturated carbocycles. The molecule has 2 aliphatic carbocycles. The molecular formula is C20H24O11. The molecule has 0 bridgehead atoms. The molecule has 4 saturated heterocycles. The van der Waals surface area contributed by atoms with E-state index in [1.54, 1.807) is 20.8 Å². The fourth-order valence-corrected chi connectivity index (χ4v) is 8.27. The van der Waals surface area contributed by atoms with Gasteiger partial charge in [0.15, 0.2) is 17.8 Å². The molecule has 0 aromatic carbocycles. The second kappa shape index (κ2) is 4.91. The maximum absolute atomic E-state index is 13.4. The van der Waals surface area contributed by atoms with Crippen LogP contribution in [-0.4, -0.2) is 86.3 Å². The van der Waals surface area contributed by atoms with E-state index in [1.165, 1.54) is 6.92 Å². The SMILES string of the molecule is C[C@@H]1C(=O)O[C@H]2[C@H](O)[C@]34[C@H]5OC(=O)[C@]3(O[C@@H]3OC(=O)[C@H](O)C34C(C(C)(C)C)C5O)[C@@]12O. The summed E-state index contributed by atoms with van der Waals surface area (Å²) in [6, 6.07) is 0. The summed E-state index contributed by atoms with van der Waals surface area (Å²) in [6.45, 7) is 6.63. The number of hydrogen-bond donors (Lipinski definition) is 4. The Morgan fingerprint density at radius 2 is 1.58 bits per heavy atom. The highest BCUT2D eigenvalue weighted by Gasteiger charge is 3.05. The van der Waals surface area contributed by atoms with Crippen molar-refractivity contribution in [3.05, 3.63) is 0 Å². The summed E-state index contributed by atoms with van der Waals surface area (Å²) in [5.41, 5.74) is -9.40. The number of aliphatic hydroxyl groups excluding tert-OH is 3. The predicted molar refractivity (Wildman–Crippen MR) is 93.4 cm³/mol. The van der Waals surface area contributed by atoms with Gasteiger partial charge in [0.1, 0.15) is 12.2 Å². The molecule has 11 nitrogen and oxygen atoms in total. The van der Waals surface area contributed by atoms with E-state index in [9.17, 15) is 34.8 Å². The molecule has 12 atom stereocenters. The van der Waals surface area contributed by atoms with Gasteiger partial charge in [-0.15, -0.1) is 0 Å². The highest BCUT2D eigenvalue weighted by molar-refractivity contribution is 5.94. The predicted octanol–water partition coefficient (Wildman–Crippen LogP) is -2.40. The first kappa shape index (κ1) is 19.9. The van der Waals surface area contributed by atoms with Crippen LogP contribution in [0.3, 0.4) is 0 Å². The van der Waals surface area contributed by atoms with Crippen LogP contribution in [0.1, 0.15) is 27.7 Å². The zero-order valence-electron chi connectivity index (χ0n) is 17.3. The Bertz CT molecular complexity index is 957. The van der Waals surface area contributed by atoms with Crippen molar-refractivity contribution in [3.63, 3.8) is 0 Å². The van der Waals surface area contributed by atoms with E-state index in [1.807, 2.05) is 0 Å². The van der Waals surface area contributed by atoms with Crippen LogP contribution in [0.15, 0.2) is 0 Å². The minimum absolute atomic E-state index is 0.792. The summed E-state index contributed by atoms with van der Waals surface area (Å²) in [4.78, 5) is 38.3. The first-order valence-corrected chi connectivity index (χ1v) is 10.3. The first-order chi connectivity index (χ1) is 14.3. The van der Waals surface area contributed by atoms with Gasteiger partial charge < -0.3 is 39.4 Å². The molecule has 6 rings (SSSR count). The topological polar surface area (TPSA) is 169 Å². The molecule has 4 N–H and O–H groups in total. The standard InChI is InChI=1S/C20H24O11/c1-5-12(24)28-11-8(22)18-10-6(21)7(16(2,3)4)17(18)9(23)13(25)30-15(17)31-20(18,14(26)29-10)19(5,11)27/h5-11,15,21-23,27H,1-4H3/t5-,6?,7?,8+,9+,10+,11+,15+,17?,18-,19-,20-/m1/s1. The van der Waals surface area contributed by atoms with Crippen LogP contribution in [0.2, 0.25) is 0 Å². The second-order valence-corrected chi connectivity index (χ2v) is 10.8. The molecule has 0 amide bonds. The Morgan fingerprint density at radius 3 is 2.19 bits per heavy atom. The lowest BCUT2D eigenvalue weighted by molar-refractivity contribution is -0.240. The molecule has 31 heavy (non-hydrogen) atoms. The summed E-state index contributed by atoms with van der Waals surface area (Å²) >= 11 is 0. The van der Waals surface area contributed by atoms with Crippen molar-refractivity contribution in [2.24, 2.45) is 28.1 Å². The molecule has 2 spiro atoms. The number of hydrogen-bond acceptors (Lipinski definition) is 11. The van der Waals surface area contributed by atoms with Crippen molar-refractivity contribution in [2.45, 2.75) is 75.7 Å². The van der Waals surface area contributed by atoms with Gasteiger partial charge in [-0.05, 0) is 12.3 Å². The average molecular weight is 440 g/mol. The number of ether oxygens (including phenoxy) is 4. The molecule has 6 fully saturated rings. The van der Waals surface area contributed by atoms with E-state index in [4.69, 9.17) is 18.9 Å². The fraction of sp³-hybridized carbons (Fsp3) is 0.850. The van der Waals surface area contributed by atoms with Crippen LogP contribution in [0, 0.1) is 28.1 Å². The molecule has 11 heteroatoms. The lowest BCUT2D eigenvalue weighted by Gasteiger charge is -2.47. The molecule has 6 aliphatic rings. The minimum Gasteiger partial charge on any atom is -0.456 e. The molecule has 0 aromatic heterocycles. The van der Waals surface area contributed by atoms with Gasteiger partial charge in [-0.1, -0.05) is 20.8 Å². The van der Waals surface area contributed by atoms with Gasteiger partial charge >= 0.3 is 17.9 Å². The number of carbonyl (C=O) groups is 3. The average Bonchev–Trinajstić information content (AvgIpc) is 3.35. The summed E-state index contributed by atoms with van der Waals surface area (Å²) in [5, 5.41) is 46.1. The van der Waals surface area contributed by atoms with E-state index in [-0.39, 0.29) is 0 Å². The van der Waals surface area contributed by atoms with Crippen molar-refractivity contribution in [3.8, 4) is 0 Å². The van der Waals surface area contributed by atoms with Gasteiger partial charge in [-0.25, -0.2) is 9.59 Å². The van der Waals surface area contributed by atoms with Crippen molar-refractivity contribution in [1.82, 2.24) is 0 Å². The first-order valence-electron chi connectivity index (χ1n) is 10.3. The Hall–Kier alpha value is -1.79. The van der Waals surface area contributed by atoms with Gasteiger partial charge in [0.25, 0.3) is 0 Å². The smallest absolute Gasteiger partial charge is 0.343 e. The number of esters is 3. The zero-order valence-corrected chi connectivity index (χ0v) is 17.3. The Kier molecular flexibility index (Phi) is 3.15. The lowest BCUT2D eigenvalue weighted by atomic mass is 9.51. The monoisotopic (exact) mass is 440 g/mol. The van der Waals surface area contributed by atoms with E-state index in [2.05, 4.69) is 0 Å². The number of aliphatic hydroxyl groups is 4. The number of carbonyl (C=O) groups excluding carboxylic acids is 3. The lowest BCUT2D eigenvalue weighted by Crippen LogP contribution is -2.67. The summed E-state index contributed by atoms with van der Waals surface area (Å²) < 4.78 is 22.2. The zero-order chi connectivity index (χ0) is 22.7. The van der Waals surface area contributed by atoms with Crippen LogP contribution < -0.4 is 0 Å². The maximum Gasteiger partial charge on any atom is 0.343 e. The van der Waals surface area contributed by atoms with Crippen LogP contribution >= 0.6 is 0 Å². The molecular weight excluding hydrogens is 416 g/mol.